The second kappa shape index (κ2) is 5.87. The molecule has 1 aromatic heterocycles. The van der Waals surface area contributed by atoms with Crippen LogP contribution in [0, 0.1) is 13.8 Å². The molecule has 1 aromatic carbocycles. The van der Waals surface area contributed by atoms with E-state index in [9.17, 15) is 9.59 Å². The van der Waals surface area contributed by atoms with Crippen molar-refractivity contribution in [2.75, 3.05) is 11.4 Å². The number of anilines is 1. The molecule has 6 heteroatoms. The van der Waals surface area contributed by atoms with Crippen molar-refractivity contribution in [1.82, 2.24) is 15.3 Å². The first-order valence-corrected chi connectivity index (χ1v) is 7.70. The lowest BCUT2D eigenvalue weighted by atomic mass is 10.2. The maximum Gasteiger partial charge on any atom is 0.272 e. The van der Waals surface area contributed by atoms with E-state index in [4.69, 9.17) is 0 Å². The van der Waals surface area contributed by atoms with Crippen LogP contribution in [0.4, 0.5) is 5.69 Å². The summed E-state index contributed by atoms with van der Waals surface area (Å²) in [7, 11) is 0. The molecule has 0 saturated heterocycles. The average Bonchev–Trinajstić information content (AvgIpc) is 3.09. The number of rotatable bonds is 3. The molecule has 0 aliphatic carbocycles. The highest BCUT2D eigenvalue weighted by Crippen LogP contribution is 2.27. The lowest BCUT2D eigenvalue weighted by molar-refractivity contribution is -0.119. The van der Waals surface area contributed by atoms with E-state index >= 15 is 0 Å². The minimum atomic E-state index is -0.606. The summed E-state index contributed by atoms with van der Waals surface area (Å²) >= 11 is 0. The van der Waals surface area contributed by atoms with Crippen LogP contribution in [0.5, 0.6) is 0 Å². The Hall–Kier alpha value is -2.63. The van der Waals surface area contributed by atoms with Gasteiger partial charge in [0.1, 0.15) is 17.6 Å². The molecule has 1 atom stereocenters. The molecule has 2 aromatic rings. The fourth-order valence-electron chi connectivity index (χ4n) is 2.96. The number of carbonyl (C=O) groups excluding carboxylic acids is 2. The van der Waals surface area contributed by atoms with Crippen LogP contribution in [-0.2, 0) is 11.2 Å². The molecule has 1 aliphatic rings. The Morgan fingerprint density at radius 3 is 2.74 bits per heavy atom. The Bertz CT molecular complexity index is 766. The minimum absolute atomic E-state index is 0.104. The lowest BCUT2D eigenvalue weighted by Crippen LogP contribution is -2.46. The van der Waals surface area contributed by atoms with E-state index in [2.05, 4.69) is 15.3 Å². The number of aryl methyl sites for hydroxylation is 2. The van der Waals surface area contributed by atoms with Gasteiger partial charge in [-0.2, -0.15) is 0 Å². The second-order valence-corrected chi connectivity index (χ2v) is 5.86. The van der Waals surface area contributed by atoms with Crippen molar-refractivity contribution >= 4 is 17.5 Å². The number of aromatic nitrogens is 2. The van der Waals surface area contributed by atoms with Crippen LogP contribution in [0.15, 0.2) is 24.3 Å². The summed E-state index contributed by atoms with van der Waals surface area (Å²) in [5.41, 5.74) is 3.14. The number of imidazole rings is 1. The Morgan fingerprint density at radius 2 is 2.04 bits per heavy atom. The molecule has 23 heavy (non-hydrogen) atoms. The van der Waals surface area contributed by atoms with Gasteiger partial charge in [0, 0.05) is 17.9 Å². The Labute approximate surface area is 134 Å². The normalized spacial score (nSPS) is 14.5. The van der Waals surface area contributed by atoms with E-state index < -0.39 is 6.04 Å². The number of para-hydroxylation sites is 1. The molecular weight excluding hydrogens is 292 g/mol. The first kappa shape index (κ1) is 15.3. The maximum atomic E-state index is 12.6. The fraction of sp³-hybridized carbons (Fsp3) is 0.353. The van der Waals surface area contributed by atoms with Gasteiger partial charge >= 0.3 is 0 Å². The van der Waals surface area contributed by atoms with Gasteiger partial charge in [-0.25, -0.2) is 4.98 Å². The fourth-order valence-corrected chi connectivity index (χ4v) is 2.96. The molecule has 0 spiro atoms. The summed E-state index contributed by atoms with van der Waals surface area (Å²) in [5, 5.41) is 2.75. The number of benzene rings is 1. The van der Waals surface area contributed by atoms with Crippen molar-refractivity contribution in [3.63, 3.8) is 0 Å². The average molecular weight is 312 g/mol. The molecule has 0 radical (unpaired) electrons. The number of nitrogens with zero attached hydrogens (tertiary/aromatic N) is 2. The summed E-state index contributed by atoms with van der Waals surface area (Å²) in [4.78, 5) is 33.8. The molecule has 0 saturated carbocycles. The van der Waals surface area contributed by atoms with Gasteiger partial charge in [-0.05, 0) is 38.8 Å². The summed E-state index contributed by atoms with van der Waals surface area (Å²) < 4.78 is 0. The third-order valence-corrected chi connectivity index (χ3v) is 4.09. The summed E-state index contributed by atoms with van der Waals surface area (Å²) in [6.45, 7) is 5.94. The van der Waals surface area contributed by atoms with E-state index in [-0.39, 0.29) is 11.8 Å². The lowest BCUT2D eigenvalue weighted by Gasteiger charge is -2.22. The largest absolute Gasteiger partial charge is 0.346 e. The van der Waals surface area contributed by atoms with E-state index in [0.29, 0.717) is 23.8 Å². The number of amides is 2. The topological polar surface area (TPSA) is 78.1 Å². The zero-order chi connectivity index (χ0) is 16.6. The van der Waals surface area contributed by atoms with Gasteiger partial charge < -0.3 is 15.2 Å². The Balaban J connectivity index is 1.71. The molecule has 0 fully saturated rings. The molecule has 1 aliphatic heterocycles. The number of hydrogen-bond donors (Lipinski definition) is 2. The smallest absolute Gasteiger partial charge is 0.272 e. The number of H-pyrrole nitrogens is 1. The first-order valence-electron chi connectivity index (χ1n) is 7.70. The van der Waals surface area contributed by atoms with Crippen LogP contribution < -0.4 is 10.2 Å². The zero-order valence-electron chi connectivity index (χ0n) is 13.5. The van der Waals surface area contributed by atoms with Crippen molar-refractivity contribution in [2.45, 2.75) is 33.2 Å². The van der Waals surface area contributed by atoms with Crippen LogP contribution >= 0.6 is 0 Å². The van der Waals surface area contributed by atoms with Gasteiger partial charge in [0.05, 0.1) is 0 Å². The Morgan fingerprint density at radius 1 is 1.30 bits per heavy atom. The van der Waals surface area contributed by atoms with Crippen LogP contribution in [0.1, 0.15) is 34.5 Å². The molecule has 6 nitrogen and oxygen atoms in total. The number of carbonyl (C=O) groups is 2. The third kappa shape index (κ3) is 2.84. The van der Waals surface area contributed by atoms with Crippen molar-refractivity contribution in [3.05, 3.63) is 47.0 Å². The molecule has 2 amide bonds. The van der Waals surface area contributed by atoms with Gasteiger partial charge in [-0.15, -0.1) is 0 Å². The molecule has 2 heterocycles. The number of aromatic amines is 1. The standard InChI is InChI=1S/C17H20N4O2/c1-10-15(20-12(3)18-10)16(22)19-11(2)17(23)21-9-8-13-6-4-5-7-14(13)21/h4-7,11H,8-9H2,1-3H3,(H,18,20)(H,19,22). The number of hydrogen-bond acceptors (Lipinski definition) is 3. The van der Waals surface area contributed by atoms with Gasteiger partial charge in [0.2, 0.25) is 5.91 Å². The van der Waals surface area contributed by atoms with E-state index in [1.807, 2.05) is 24.3 Å². The maximum absolute atomic E-state index is 12.6. The van der Waals surface area contributed by atoms with E-state index in [1.54, 1.807) is 25.7 Å². The SMILES string of the molecule is Cc1nc(C(=O)NC(C)C(=O)N2CCc3ccccc32)c(C)[nH]1. The van der Waals surface area contributed by atoms with E-state index in [1.165, 1.54) is 0 Å². The van der Waals surface area contributed by atoms with Crippen LogP contribution in [0.3, 0.4) is 0 Å². The van der Waals surface area contributed by atoms with Crippen LogP contribution in [0.2, 0.25) is 0 Å². The number of fused-ring (bicyclic) bond motifs is 1. The zero-order valence-corrected chi connectivity index (χ0v) is 13.5. The van der Waals surface area contributed by atoms with Crippen molar-refractivity contribution in [3.8, 4) is 0 Å². The molecule has 0 bridgehead atoms. The van der Waals surface area contributed by atoms with Gasteiger partial charge in [0.25, 0.3) is 5.91 Å². The third-order valence-electron chi connectivity index (χ3n) is 4.09. The predicted octanol–water partition coefficient (Wildman–Crippen LogP) is 1.73. The minimum Gasteiger partial charge on any atom is -0.346 e. The van der Waals surface area contributed by atoms with Gasteiger partial charge in [-0.1, -0.05) is 18.2 Å². The van der Waals surface area contributed by atoms with Crippen LogP contribution in [-0.4, -0.2) is 34.4 Å². The monoisotopic (exact) mass is 312 g/mol. The van der Waals surface area contributed by atoms with Gasteiger partial charge in [-0.3, -0.25) is 9.59 Å². The summed E-state index contributed by atoms with van der Waals surface area (Å²) in [5.74, 6) is 0.244. The quantitative estimate of drug-likeness (QED) is 0.906. The predicted molar refractivity (Wildman–Crippen MR) is 87.5 cm³/mol. The van der Waals surface area contributed by atoms with Gasteiger partial charge in [0.15, 0.2) is 0 Å². The first-order chi connectivity index (χ1) is 11.0. The molecule has 1 unspecified atom stereocenters. The molecular formula is C17H20N4O2. The van der Waals surface area contributed by atoms with Crippen LogP contribution in [0.25, 0.3) is 0 Å². The van der Waals surface area contributed by atoms with E-state index in [0.717, 1.165) is 17.7 Å². The Kier molecular flexibility index (Phi) is 3.90. The highest BCUT2D eigenvalue weighted by atomic mass is 16.2. The molecule has 120 valence electrons. The van der Waals surface area contributed by atoms with Crippen molar-refractivity contribution < 1.29 is 9.59 Å². The summed E-state index contributed by atoms with van der Waals surface area (Å²) in [6, 6.07) is 7.26. The molecule has 2 N–H and O–H groups in total. The van der Waals surface area contributed by atoms with Crippen molar-refractivity contribution in [2.24, 2.45) is 0 Å². The summed E-state index contributed by atoms with van der Waals surface area (Å²) in [6.07, 6.45) is 0.847. The second-order valence-electron chi connectivity index (χ2n) is 5.86. The van der Waals surface area contributed by atoms with Crippen molar-refractivity contribution in [1.29, 1.82) is 0 Å². The number of nitrogens with one attached hydrogen (secondary N) is 2. The molecule has 3 rings (SSSR count). The highest BCUT2D eigenvalue weighted by molar-refractivity contribution is 6.02. The highest BCUT2D eigenvalue weighted by Gasteiger charge is 2.29.